The van der Waals surface area contributed by atoms with Gasteiger partial charge in [-0.25, -0.2) is 0 Å². The average Bonchev–Trinajstić information content (AvgIpc) is 3.06. The smallest absolute Gasteiger partial charge is 0.249 e. The molecule has 1 fully saturated rings. The SMILES string of the molecule is C[C@H](NC(=O)[C@@H]1CC[C@@H](C(N)=O)O1)c1ccc(Cl)c2ccccc12. The number of hydrogen-bond acceptors (Lipinski definition) is 3. The van der Waals surface area contributed by atoms with Crippen LogP contribution in [0, 0.1) is 0 Å². The highest BCUT2D eigenvalue weighted by Gasteiger charge is 2.34. The number of rotatable bonds is 4. The Morgan fingerprint density at radius 1 is 1.17 bits per heavy atom. The molecule has 0 saturated carbocycles. The van der Waals surface area contributed by atoms with E-state index < -0.39 is 18.1 Å². The van der Waals surface area contributed by atoms with Crippen molar-refractivity contribution in [3.05, 3.63) is 47.0 Å². The quantitative estimate of drug-likeness (QED) is 0.893. The van der Waals surface area contributed by atoms with Crippen LogP contribution in [0.4, 0.5) is 0 Å². The molecule has 1 heterocycles. The minimum Gasteiger partial charge on any atom is -0.367 e. The fourth-order valence-corrected chi connectivity index (χ4v) is 3.31. The maximum absolute atomic E-state index is 12.4. The van der Waals surface area contributed by atoms with Crippen molar-refractivity contribution in [1.82, 2.24) is 5.32 Å². The van der Waals surface area contributed by atoms with Gasteiger partial charge in [-0.05, 0) is 36.8 Å². The Morgan fingerprint density at radius 3 is 2.50 bits per heavy atom. The van der Waals surface area contributed by atoms with Crippen molar-refractivity contribution >= 4 is 34.2 Å². The van der Waals surface area contributed by atoms with E-state index in [9.17, 15) is 9.59 Å². The second-order valence-corrected chi connectivity index (χ2v) is 6.41. The number of hydrogen-bond donors (Lipinski definition) is 2. The number of fused-ring (bicyclic) bond motifs is 1. The third kappa shape index (κ3) is 3.23. The van der Waals surface area contributed by atoms with Gasteiger partial charge in [-0.2, -0.15) is 0 Å². The van der Waals surface area contributed by atoms with Gasteiger partial charge in [0.15, 0.2) is 0 Å². The molecule has 3 rings (SSSR count). The molecule has 1 aliphatic rings. The Morgan fingerprint density at radius 2 is 1.83 bits per heavy atom. The summed E-state index contributed by atoms with van der Waals surface area (Å²) in [6, 6.07) is 11.3. The van der Waals surface area contributed by atoms with E-state index in [0.717, 1.165) is 16.3 Å². The number of benzene rings is 2. The van der Waals surface area contributed by atoms with Crippen LogP contribution in [0.2, 0.25) is 5.02 Å². The first-order valence-electron chi connectivity index (χ1n) is 7.89. The Kier molecular flexibility index (Phi) is 4.73. The van der Waals surface area contributed by atoms with Crippen molar-refractivity contribution in [2.45, 2.75) is 38.0 Å². The molecule has 3 atom stereocenters. The normalized spacial score (nSPS) is 21.6. The van der Waals surface area contributed by atoms with Crippen molar-refractivity contribution in [2.75, 3.05) is 0 Å². The standard InChI is InChI=1S/C18H19ClN2O3/c1-10(21-18(23)16-9-8-15(24-16)17(20)22)11-6-7-14(19)13-5-3-2-4-12(11)13/h2-7,10,15-16H,8-9H2,1H3,(H2,20,22)(H,21,23)/t10-,15-,16-/m0/s1. The molecule has 2 amide bonds. The van der Waals surface area contributed by atoms with Crippen LogP contribution < -0.4 is 11.1 Å². The fourth-order valence-electron chi connectivity index (χ4n) is 3.09. The molecule has 0 aromatic heterocycles. The van der Waals surface area contributed by atoms with Crippen LogP contribution >= 0.6 is 11.6 Å². The molecule has 2 aromatic rings. The van der Waals surface area contributed by atoms with Gasteiger partial charge in [0.1, 0.15) is 12.2 Å². The number of amides is 2. The van der Waals surface area contributed by atoms with E-state index in [-0.39, 0.29) is 11.9 Å². The number of nitrogens with one attached hydrogen (secondary N) is 1. The highest BCUT2D eigenvalue weighted by molar-refractivity contribution is 6.35. The Bertz CT molecular complexity index is 793. The summed E-state index contributed by atoms with van der Waals surface area (Å²) in [5, 5.41) is 5.58. The lowest BCUT2D eigenvalue weighted by molar-refractivity contribution is -0.137. The lowest BCUT2D eigenvalue weighted by Gasteiger charge is -2.19. The maximum atomic E-state index is 12.4. The lowest BCUT2D eigenvalue weighted by atomic mass is 9.99. The van der Waals surface area contributed by atoms with Crippen LogP contribution in [-0.4, -0.2) is 24.0 Å². The van der Waals surface area contributed by atoms with Gasteiger partial charge >= 0.3 is 0 Å². The van der Waals surface area contributed by atoms with E-state index >= 15 is 0 Å². The summed E-state index contributed by atoms with van der Waals surface area (Å²) in [5.41, 5.74) is 6.20. The molecule has 126 valence electrons. The molecule has 0 unspecified atom stereocenters. The second kappa shape index (κ2) is 6.79. The van der Waals surface area contributed by atoms with Crippen molar-refractivity contribution in [1.29, 1.82) is 0 Å². The molecule has 2 aromatic carbocycles. The Labute approximate surface area is 145 Å². The molecule has 24 heavy (non-hydrogen) atoms. The van der Waals surface area contributed by atoms with E-state index in [1.54, 1.807) is 0 Å². The zero-order valence-electron chi connectivity index (χ0n) is 13.3. The van der Waals surface area contributed by atoms with E-state index in [2.05, 4.69) is 5.32 Å². The van der Waals surface area contributed by atoms with E-state index in [1.165, 1.54) is 0 Å². The predicted octanol–water partition coefficient (Wildman–Crippen LogP) is 2.70. The molecule has 3 N–H and O–H groups in total. The summed E-state index contributed by atoms with van der Waals surface area (Å²) >= 11 is 6.24. The van der Waals surface area contributed by atoms with Gasteiger partial charge in [-0.3, -0.25) is 9.59 Å². The van der Waals surface area contributed by atoms with Gasteiger partial charge in [0.05, 0.1) is 6.04 Å². The van der Waals surface area contributed by atoms with E-state index in [0.29, 0.717) is 17.9 Å². The van der Waals surface area contributed by atoms with Crippen molar-refractivity contribution in [3.8, 4) is 0 Å². The molecule has 0 spiro atoms. The minimum absolute atomic E-state index is 0.212. The second-order valence-electron chi connectivity index (χ2n) is 6.01. The van der Waals surface area contributed by atoms with Gasteiger partial charge in [0, 0.05) is 10.4 Å². The zero-order valence-corrected chi connectivity index (χ0v) is 14.0. The van der Waals surface area contributed by atoms with Crippen molar-refractivity contribution < 1.29 is 14.3 Å². The van der Waals surface area contributed by atoms with Crippen LogP contribution in [0.5, 0.6) is 0 Å². The van der Waals surface area contributed by atoms with Crippen LogP contribution in [0.15, 0.2) is 36.4 Å². The van der Waals surface area contributed by atoms with Gasteiger partial charge in [-0.15, -0.1) is 0 Å². The van der Waals surface area contributed by atoms with Gasteiger partial charge in [0.2, 0.25) is 11.8 Å². The van der Waals surface area contributed by atoms with Gasteiger partial charge < -0.3 is 15.8 Å². The molecule has 6 heteroatoms. The minimum atomic E-state index is -0.674. The third-order valence-electron chi connectivity index (χ3n) is 4.36. The molecule has 0 aliphatic carbocycles. The fraction of sp³-hybridized carbons (Fsp3) is 0.333. The summed E-state index contributed by atoms with van der Waals surface area (Å²) in [7, 11) is 0. The Hall–Kier alpha value is -2.11. The molecular formula is C18H19ClN2O3. The van der Waals surface area contributed by atoms with Crippen molar-refractivity contribution in [3.63, 3.8) is 0 Å². The van der Waals surface area contributed by atoms with Gasteiger partial charge in [0.25, 0.3) is 0 Å². The molecule has 1 saturated heterocycles. The molecular weight excluding hydrogens is 328 g/mol. The van der Waals surface area contributed by atoms with Gasteiger partial charge in [-0.1, -0.05) is 41.9 Å². The largest absolute Gasteiger partial charge is 0.367 e. The topological polar surface area (TPSA) is 81.4 Å². The average molecular weight is 347 g/mol. The Balaban J connectivity index is 1.76. The lowest BCUT2D eigenvalue weighted by Crippen LogP contribution is -2.38. The predicted molar refractivity (Wildman–Crippen MR) is 92.6 cm³/mol. The van der Waals surface area contributed by atoms with Crippen LogP contribution in [0.3, 0.4) is 0 Å². The summed E-state index contributed by atoms with van der Waals surface area (Å²) in [4.78, 5) is 23.5. The molecule has 5 nitrogen and oxygen atoms in total. The first kappa shape index (κ1) is 16.7. The third-order valence-corrected chi connectivity index (χ3v) is 4.69. The molecule has 0 bridgehead atoms. The summed E-state index contributed by atoms with van der Waals surface area (Å²) in [6.07, 6.45) is -0.338. The number of carbonyl (C=O) groups excluding carboxylic acids is 2. The summed E-state index contributed by atoms with van der Waals surface area (Å²) in [5.74, 6) is -0.757. The highest BCUT2D eigenvalue weighted by Crippen LogP contribution is 2.30. The monoisotopic (exact) mass is 346 g/mol. The summed E-state index contributed by atoms with van der Waals surface area (Å²) in [6.45, 7) is 1.91. The highest BCUT2D eigenvalue weighted by atomic mass is 35.5. The van der Waals surface area contributed by atoms with E-state index in [4.69, 9.17) is 22.1 Å². The first-order valence-corrected chi connectivity index (χ1v) is 8.27. The van der Waals surface area contributed by atoms with Crippen LogP contribution in [0.25, 0.3) is 10.8 Å². The van der Waals surface area contributed by atoms with E-state index in [1.807, 2.05) is 43.3 Å². The number of ether oxygens (including phenoxy) is 1. The maximum Gasteiger partial charge on any atom is 0.249 e. The number of nitrogens with two attached hydrogens (primary N) is 1. The van der Waals surface area contributed by atoms with Crippen LogP contribution in [-0.2, 0) is 14.3 Å². The number of carbonyl (C=O) groups is 2. The molecule has 0 radical (unpaired) electrons. The van der Waals surface area contributed by atoms with Crippen LogP contribution in [0.1, 0.15) is 31.4 Å². The first-order chi connectivity index (χ1) is 11.5. The van der Waals surface area contributed by atoms with Crippen molar-refractivity contribution in [2.24, 2.45) is 5.73 Å². The summed E-state index contributed by atoms with van der Waals surface area (Å²) < 4.78 is 5.42. The number of primary amides is 1. The zero-order chi connectivity index (χ0) is 17.3. The number of halogens is 1. The molecule has 1 aliphatic heterocycles.